The Balaban J connectivity index is 1.89. The second kappa shape index (κ2) is 7.44. The van der Waals surface area contributed by atoms with E-state index in [-0.39, 0.29) is 18.1 Å². The standard InChI is InChI=1S/C12H11N7O5/c20-9(6-13-10-11(21)15-12(22)18-17-10)16-14-5-7-2-1-3-8(4-7)19(23)24/h1-5H,6H2,(H,13,17)(H,16,20)(H2,15,18,21,22)/b14-5+. The number of carbonyl (C=O) groups is 1. The fourth-order valence-corrected chi connectivity index (χ4v) is 1.57. The maximum absolute atomic E-state index is 11.6. The molecule has 0 aliphatic carbocycles. The van der Waals surface area contributed by atoms with Crippen LogP contribution in [0.25, 0.3) is 0 Å². The highest BCUT2D eigenvalue weighted by atomic mass is 16.6. The van der Waals surface area contributed by atoms with Gasteiger partial charge in [-0.1, -0.05) is 12.1 Å². The Morgan fingerprint density at radius 3 is 2.92 bits per heavy atom. The van der Waals surface area contributed by atoms with Crippen LogP contribution in [0.15, 0.2) is 39.0 Å². The predicted octanol–water partition coefficient (Wildman–Crippen LogP) is -1.07. The van der Waals surface area contributed by atoms with Gasteiger partial charge in [0.25, 0.3) is 17.2 Å². The summed E-state index contributed by atoms with van der Waals surface area (Å²) in [5.41, 5.74) is 0.954. The molecule has 0 fully saturated rings. The number of non-ortho nitro benzene ring substituents is 1. The van der Waals surface area contributed by atoms with E-state index in [1.54, 1.807) is 6.07 Å². The fourth-order valence-electron chi connectivity index (χ4n) is 1.57. The highest BCUT2D eigenvalue weighted by Gasteiger charge is 2.06. The summed E-state index contributed by atoms with van der Waals surface area (Å²) in [5, 5.41) is 22.1. The van der Waals surface area contributed by atoms with E-state index in [0.29, 0.717) is 5.56 Å². The highest BCUT2D eigenvalue weighted by molar-refractivity contribution is 5.84. The lowest BCUT2D eigenvalue weighted by molar-refractivity contribution is -0.384. The van der Waals surface area contributed by atoms with Crippen LogP contribution < -0.4 is 22.0 Å². The maximum atomic E-state index is 11.6. The van der Waals surface area contributed by atoms with Gasteiger partial charge in [0.1, 0.15) is 0 Å². The van der Waals surface area contributed by atoms with Crippen molar-refractivity contribution in [3.8, 4) is 0 Å². The molecule has 1 aromatic carbocycles. The van der Waals surface area contributed by atoms with Crippen LogP contribution in [0.4, 0.5) is 11.5 Å². The molecule has 24 heavy (non-hydrogen) atoms. The first-order chi connectivity index (χ1) is 11.5. The Bertz CT molecular complexity index is 901. The number of nitrogens with one attached hydrogen (secondary N) is 4. The second-order valence-corrected chi connectivity index (χ2v) is 4.35. The zero-order chi connectivity index (χ0) is 17.5. The van der Waals surface area contributed by atoms with Gasteiger partial charge in [0, 0.05) is 17.7 Å². The summed E-state index contributed by atoms with van der Waals surface area (Å²) in [6.45, 7) is -0.325. The molecule has 0 atom stereocenters. The summed E-state index contributed by atoms with van der Waals surface area (Å²) < 4.78 is 0. The number of anilines is 1. The Hall–Kier alpha value is -3.83. The normalized spacial score (nSPS) is 10.5. The van der Waals surface area contributed by atoms with E-state index in [4.69, 9.17) is 0 Å². The minimum Gasteiger partial charge on any atom is -0.355 e. The van der Waals surface area contributed by atoms with Crippen molar-refractivity contribution in [2.75, 3.05) is 11.9 Å². The number of nitro groups is 1. The molecular formula is C12H11N7O5. The molecule has 0 saturated carbocycles. The van der Waals surface area contributed by atoms with Crippen molar-refractivity contribution in [3.63, 3.8) is 0 Å². The van der Waals surface area contributed by atoms with Gasteiger partial charge >= 0.3 is 5.69 Å². The number of benzene rings is 1. The molecule has 1 amide bonds. The van der Waals surface area contributed by atoms with Crippen LogP contribution in [0.2, 0.25) is 0 Å². The van der Waals surface area contributed by atoms with Gasteiger partial charge in [0.15, 0.2) is 0 Å². The van der Waals surface area contributed by atoms with Gasteiger partial charge in [-0.25, -0.2) is 15.3 Å². The first kappa shape index (κ1) is 16.5. The van der Waals surface area contributed by atoms with E-state index >= 15 is 0 Å². The zero-order valence-corrected chi connectivity index (χ0v) is 12.0. The molecule has 0 aliphatic rings. The lowest BCUT2D eigenvalue weighted by Gasteiger charge is -2.02. The van der Waals surface area contributed by atoms with Crippen molar-refractivity contribution in [2.24, 2.45) is 5.10 Å². The molecular weight excluding hydrogens is 322 g/mol. The van der Waals surface area contributed by atoms with Crippen molar-refractivity contribution in [2.45, 2.75) is 0 Å². The predicted molar refractivity (Wildman–Crippen MR) is 82.8 cm³/mol. The van der Waals surface area contributed by atoms with Crippen LogP contribution in [0, 0.1) is 10.1 Å². The molecule has 0 unspecified atom stereocenters. The van der Waals surface area contributed by atoms with Crippen LogP contribution in [0.1, 0.15) is 5.56 Å². The van der Waals surface area contributed by atoms with Gasteiger partial charge < -0.3 is 5.32 Å². The summed E-state index contributed by atoms with van der Waals surface area (Å²) >= 11 is 0. The molecule has 0 spiro atoms. The van der Waals surface area contributed by atoms with Crippen molar-refractivity contribution in [3.05, 3.63) is 60.8 Å². The average Bonchev–Trinajstić information content (AvgIpc) is 2.54. The molecule has 0 radical (unpaired) electrons. The number of hydrogen-bond donors (Lipinski definition) is 4. The average molecular weight is 333 g/mol. The molecule has 2 rings (SSSR count). The number of aromatic amines is 2. The molecule has 1 heterocycles. The van der Waals surface area contributed by atoms with Gasteiger partial charge in [0.2, 0.25) is 5.82 Å². The van der Waals surface area contributed by atoms with Crippen molar-refractivity contribution < 1.29 is 9.72 Å². The third-order valence-electron chi connectivity index (χ3n) is 2.61. The van der Waals surface area contributed by atoms with E-state index in [1.165, 1.54) is 24.4 Å². The SMILES string of the molecule is O=C(CNc1n[nH]c(=O)[nH]c1=O)N/N=C/c1cccc([N+](=O)[O-])c1. The van der Waals surface area contributed by atoms with Gasteiger partial charge in [-0.3, -0.25) is 24.7 Å². The summed E-state index contributed by atoms with van der Waals surface area (Å²) in [6.07, 6.45) is 1.23. The Morgan fingerprint density at radius 1 is 1.42 bits per heavy atom. The number of nitrogens with zero attached hydrogens (tertiary/aromatic N) is 3. The molecule has 0 aliphatic heterocycles. The van der Waals surface area contributed by atoms with E-state index < -0.39 is 22.1 Å². The minimum atomic E-state index is -0.772. The van der Waals surface area contributed by atoms with Crippen LogP contribution >= 0.6 is 0 Å². The van der Waals surface area contributed by atoms with Gasteiger partial charge in [-0.2, -0.15) is 5.10 Å². The monoisotopic (exact) mass is 333 g/mol. The number of H-pyrrole nitrogens is 2. The molecule has 1 aromatic heterocycles. The number of rotatable bonds is 6. The minimum absolute atomic E-state index is 0.102. The Labute approximate surface area is 132 Å². The van der Waals surface area contributed by atoms with Gasteiger partial charge in [-0.05, 0) is 0 Å². The third kappa shape index (κ3) is 4.59. The van der Waals surface area contributed by atoms with Crippen LogP contribution in [-0.4, -0.2) is 38.8 Å². The summed E-state index contributed by atoms with van der Waals surface area (Å²) in [7, 11) is 0. The van der Waals surface area contributed by atoms with Crippen molar-refractivity contribution >= 4 is 23.6 Å². The largest absolute Gasteiger partial charge is 0.355 e. The first-order valence-corrected chi connectivity index (χ1v) is 6.45. The van der Waals surface area contributed by atoms with E-state index in [2.05, 4.69) is 20.9 Å². The van der Waals surface area contributed by atoms with Gasteiger partial charge in [-0.15, -0.1) is 5.10 Å². The summed E-state index contributed by atoms with van der Waals surface area (Å²) in [4.78, 5) is 45.7. The quantitative estimate of drug-likeness (QED) is 0.295. The molecule has 124 valence electrons. The van der Waals surface area contributed by atoms with E-state index in [9.17, 15) is 24.5 Å². The van der Waals surface area contributed by atoms with Crippen molar-refractivity contribution in [1.82, 2.24) is 20.6 Å². The number of hydrazone groups is 1. The molecule has 0 saturated heterocycles. The van der Waals surface area contributed by atoms with Crippen LogP contribution in [0.3, 0.4) is 0 Å². The fraction of sp³-hybridized carbons (Fsp3) is 0.0833. The highest BCUT2D eigenvalue weighted by Crippen LogP contribution is 2.11. The topological polar surface area (TPSA) is 175 Å². The number of amides is 1. The third-order valence-corrected chi connectivity index (χ3v) is 2.61. The lowest BCUT2D eigenvalue weighted by atomic mass is 10.2. The molecule has 4 N–H and O–H groups in total. The second-order valence-electron chi connectivity index (χ2n) is 4.35. The number of carbonyl (C=O) groups excluding carboxylic acids is 1. The number of hydrogen-bond acceptors (Lipinski definition) is 8. The molecule has 12 heteroatoms. The van der Waals surface area contributed by atoms with Crippen molar-refractivity contribution in [1.29, 1.82) is 0 Å². The maximum Gasteiger partial charge on any atom is 0.342 e. The zero-order valence-electron chi connectivity index (χ0n) is 12.0. The van der Waals surface area contributed by atoms with Gasteiger partial charge in [0.05, 0.1) is 17.7 Å². The summed E-state index contributed by atoms with van der Waals surface area (Å²) in [6, 6.07) is 5.67. The molecule has 12 nitrogen and oxygen atoms in total. The smallest absolute Gasteiger partial charge is 0.342 e. The first-order valence-electron chi connectivity index (χ1n) is 6.45. The van der Waals surface area contributed by atoms with Crippen LogP contribution in [0.5, 0.6) is 0 Å². The Morgan fingerprint density at radius 2 is 2.21 bits per heavy atom. The number of nitro benzene ring substituents is 1. The molecule has 0 bridgehead atoms. The van der Waals surface area contributed by atoms with Crippen LogP contribution in [-0.2, 0) is 4.79 Å². The Kier molecular flexibility index (Phi) is 5.13. The molecule has 2 aromatic rings. The van der Waals surface area contributed by atoms with E-state index in [0.717, 1.165) is 0 Å². The summed E-state index contributed by atoms with van der Waals surface area (Å²) in [5.74, 6) is -0.823. The number of aromatic nitrogens is 3. The lowest BCUT2D eigenvalue weighted by Crippen LogP contribution is -2.31. The van der Waals surface area contributed by atoms with E-state index in [1.807, 2.05) is 10.1 Å².